The van der Waals surface area contributed by atoms with E-state index in [9.17, 15) is 4.79 Å². The molecule has 0 bridgehead atoms. The van der Waals surface area contributed by atoms with Gasteiger partial charge in [-0.3, -0.25) is 4.79 Å². The summed E-state index contributed by atoms with van der Waals surface area (Å²) in [6, 6.07) is -0.321. The molecule has 0 radical (unpaired) electrons. The molecule has 82 valence electrons. The molecule has 3 heteroatoms. The molecule has 1 saturated carbocycles. The summed E-state index contributed by atoms with van der Waals surface area (Å²) < 4.78 is 0. The molecule has 3 nitrogen and oxygen atoms in total. The van der Waals surface area contributed by atoms with Gasteiger partial charge in [-0.15, -0.1) is 0 Å². The maximum absolute atomic E-state index is 11.4. The minimum atomic E-state index is -0.321. The second-order valence-electron chi connectivity index (χ2n) is 4.26. The van der Waals surface area contributed by atoms with Gasteiger partial charge in [-0.2, -0.15) is 0 Å². The van der Waals surface area contributed by atoms with Crippen LogP contribution >= 0.6 is 0 Å². The van der Waals surface area contributed by atoms with Crippen LogP contribution in [0, 0.1) is 5.92 Å². The zero-order valence-electron chi connectivity index (χ0n) is 9.09. The Morgan fingerprint density at radius 1 is 1.43 bits per heavy atom. The van der Waals surface area contributed by atoms with E-state index in [0.29, 0.717) is 5.92 Å². The average molecular weight is 198 g/mol. The molecule has 0 saturated heterocycles. The smallest absolute Gasteiger partial charge is 0.236 e. The molecule has 1 atom stereocenters. The number of rotatable bonds is 4. The minimum absolute atomic E-state index is 0.0121. The molecule has 1 aliphatic carbocycles. The topological polar surface area (TPSA) is 55.1 Å². The van der Waals surface area contributed by atoms with Gasteiger partial charge in [-0.25, -0.2) is 0 Å². The van der Waals surface area contributed by atoms with E-state index in [1.54, 1.807) is 0 Å². The van der Waals surface area contributed by atoms with Crippen LogP contribution in [0.1, 0.15) is 45.4 Å². The van der Waals surface area contributed by atoms with E-state index in [1.165, 1.54) is 32.1 Å². The SMILES string of the molecule is CC[C@H](N)C(=O)NCC1CCCCC1. The maximum atomic E-state index is 11.4. The monoisotopic (exact) mass is 198 g/mol. The lowest BCUT2D eigenvalue weighted by atomic mass is 9.89. The molecule has 1 rings (SSSR count). The summed E-state index contributed by atoms with van der Waals surface area (Å²) >= 11 is 0. The predicted molar refractivity (Wildman–Crippen MR) is 57.9 cm³/mol. The number of hydrogen-bond acceptors (Lipinski definition) is 2. The Kier molecular flexibility index (Phi) is 4.94. The fourth-order valence-electron chi connectivity index (χ4n) is 1.95. The largest absolute Gasteiger partial charge is 0.354 e. The first-order valence-electron chi connectivity index (χ1n) is 5.77. The number of hydrogen-bond donors (Lipinski definition) is 2. The van der Waals surface area contributed by atoms with Crippen LogP contribution in [0.2, 0.25) is 0 Å². The van der Waals surface area contributed by atoms with Gasteiger partial charge in [0, 0.05) is 6.54 Å². The van der Waals surface area contributed by atoms with Crippen LogP contribution in [0.3, 0.4) is 0 Å². The van der Waals surface area contributed by atoms with E-state index < -0.39 is 0 Å². The number of carbonyl (C=O) groups excluding carboxylic acids is 1. The minimum Gasteiger partial charge on any atom is -0.354 e. The molecule has 0 aliphatic heterocycles. The third-order valence-electron chi connectivity index (χ3n) is 3.07. The number of amides is 1. The molecular formula is C11H22N2O. The zero-order valence-corrected chi connectivity index (χ0v) is 9.09. The average Bonchev–Trinajstić information content (AvgIpc) is 2.26. The highest BCUT2D eigenvalue weighted by Gasteiger charge is 2.16. The highest BCUT2D eigenvalue weighted by atomic mass is 16.2. The third-order valence-corrected chi connectivity index (χ3v) is 3.07. The molecule has 0 aromatic carbocycles. The van der Waals surface area contributed by atoms with E-state index in [0.717, 1.165) is 13.0 Å². The lowest BCUT2D eigenvalue weighted by molar-refractivity contribution is -0.122. The molecule has 14 heavy (non-hydrogen) atoms. The second kappa shape index (κ2) is 6.02. The van der Waals surface area contributed by atoms with Crippen molar-refractivity contribution in [3.63, 3.8) is 0 Å². The summed E-state index contributed by atoms with van der Waals surface area (Å²) in [5, 5.41) is 2.94. The van der Waals surface area contributed by atoms with Crippen molar-refractivity contribution >= 4 is 5.91 Å². The molecule has 0 spiro atoms. The van der Waals surface area contributed by atoms with E-state index in [2.05, 4.69) is 5.32 Å². The summed E-state index contributed by atoms with van der Waals surface area (Å²) in [6.45, 7) is 2.76. The van der Waals surface area contributed by atoms with Crippen molar-refractivity contribution < 1.29 is 4.79 Å². The fraction of sp³-hybridized carbons (Fsp3) is 0.909. The third kappa shape index (κ3) is 3.66. The Morgan fingerprint density at radius 2 is 2.07 bits per heavy atom. The standard InChI is InChI=1S/C11H22N2O/c1-2-10(12)11(14)13-8-9-6-4-3-5-7-9/h9-10H,2-8,12H2,1H3,(H,13,14)/t10-/m0/s1. The lowest BCUT2D eigenvalue weighted by Gasteiger charge is -2.22. The van der Waals surface area contributed by atoms with Gasteiger partial charge in [0.15, 0.2) is 0 Å². The van der Waals surface area contributed by atoms with Crippen LogP contribution in [-0.2, 0) is 4.79 Å². The quantitative estimate of drug-likeness (QED) is 0.718. The first-order valence-corrected chi connectivity index (χ1v) is 5.77. The van der Waals surface area contributed by atoms with Crippen molar-refractivity contribution in [3.8, 4) is 0 Å². The molecular weight excluding hydrogens is 176 g/mol. The number of carbonyl (C=O) groups is 1. The Bertz CT molecular complexity index is 176. The van der Waals surface area contributed by atoms with Crippen molar-refractivity contribution in [3.05, 3.63) is 0 Å². The van der Waals surface area contributed by atoms with Crippen molar-refractivity contribution in [1.82, 2.24) is 5.32 Å². The maximum Gasteiger partial charge on any atom is 0.236 e. The van der Waals surface area contributed by atoms with Crippen LogP contribution in [0.25, 0.3) is 0 Å². The number of nitrogens with two attached hydrogens (primary N) is 1. The van der Waals surface area contributed by atoms with E-state index >= 15 is 0 Å². The number of nitrogens with one attached hydrogen (secondary N) is 1. The molecule has 0 aromatic rings. The van der Waals surface area contributed by atoms with Crippen molar-refractivity contribution in [2.75, 3.05) is 6.54 Å². The van der Waals surface area contributed by atoms with Crippen LogP contribution in [0.15, 0.2) is 0 Å². The van der Waals surface area contributed by atoms with Gasteiger partial charge in [0.05, 0.1) is 6.04 Å². The molecule has 3 N–H and O–H groups in total. The second-order valence-corrected chi connectivity index (χ2v) is 4.26. The highest BCUT2D eigenvalue weighted by Crippen LogP contribution is 2.22. The van der Waals surface area contributed by atoms with Gasteiger partial charge in [0.25, 0.3) is 0 Å². The van der Waals surface area contributed by atoms with E-state index in [-0.39, 0.29) is 11.9 Å². The molecule has 0 aromatic heterocycles. The van der Waals surface area contributed by atoms with Gasteiger partial charge in [0.1, 0.15) is 0 Å². The van der Waals surface area contributed by atoms with Gasteiger partial charge in [0.2, 0.25) is 5.91 Å². The normalized spacial score (nSPS) is 20.4. The molecule has 1 aliphatic rings. The van der Waals surface area contributed by atoms with Crippen LogP contribution in [-0.4, -0.2) is 18.5 Å². The van der Waals surface area contributed by atoms with E-state index in [4.69, 9.17) is 5.73 Å². The summed E-state index contributed by atoms with van der Waals surface area (Å²) in [7, 11) is 0. The van der Waals surface area contributed by atoms with Crippen molar-refractivity contribution in [2.24, 2.45) is 11.7 Å². The zero-order chi connectivity index (χ0) is 10.4. The Labute approximate surface area is 86.4 Å². The van der Waals surface area contributed by atoms with Crippen LogP contribution < -0.4 is 11.1 Å². The molecule has 1 fully saturated rings. The van der Waals surface area contributed by atoms with Gasteiger partial charge < -0.3 is 11.1 Å². The lowest BCUT2D eigenvalue weighted by Crippen LogP contribution is -2.42. The van der Waals surface area contributed by atoms with Crippen LogP contribution in [0.5, 0.6) is 0 Å². The first kappa shape index (κ1) is 11.5. The van der Waals surface area contributed by atoms with Gasteiger partial charge >= 0.3 is 0 Å². The Morgan fingerprint density at radius 3 is 2.64 bits per heavy atom. The van der Waals surface area contributed by atoms with Crippen LogP contribution in [0.4, 0.5) is 0 Å². The summed E-state index contributed by atoms with van der Waals surface area (Å²) in [5.41, 5.74) is 5.62. The van der Waals surface area contributed by atoms with Gasteiger partial charge in [-0.05, 0) is 25.2 Å². The fourth-order valence-corrected chi connectivity index (χ4v) is 1.95. The summed E-state index contributed by atoms with van der Waals surface area (Å²) in [6.07, 6.45) is 7.25. The molecule has 0 unspecified atom stereocenters. The predicted octanol–water partition coefficient (Wildman–Crippen LogP) is 1.42. The Hall–Kier alpha value is -0.570. The first-order chi connectivity index (χ1) is 6.74. The highest BCUT2D eigenvalue weighted by molar-refractivity contribution is 5.81. The van der Waals surface area contributed by atoms with Crippen molar-refractivity contribution in [1.29, 1.82) is 0 Å². The molecule has 1 amide bonds. The van der Waals surface area contributed by atoms with Crippen molar-refractivity contribution in [2.45, 2.75) is 51.5 Å². The molecule has 0 heterocycles. The summed E-state index contributed by atoms with van der Waals surface area (Å²) in [4.78, 5) is 11.4. The Balaban J connectivity index is 2.15. The van der Waals surface area contributed by atoms with E-state index in [1.807, 2.05) is 6.92 Å². The van der Waals surface area contributed by atoms with Gasteiger partial charge in [-0.1, -0.05) is 26.2 Å². The summed E-state index contributed by atoms with van der Waals surface area (Å²) in [5.74, 6) is 0.704.